The first-order chi connectivity index (χ1) is 9.04. The van der Waals surface area contributed by atoms with Crippen LogP contribution in [0.3, 0.4) is 0 Å². The summed E-state index contributed by atoms with van der Waals surface area (Å²) in [5.41, 5.74) is 5.88. The number of carbonyl (C=O) groups excluding carboxylic acids is 1. The van der Waals surface area contributed by atoms with E-state index in [0.717, 1.165) is 18.9 Å². The van der Waals surface area contributed by atoms with Crippen LogP contribution in [0.5, 0.6) is 5.75 Å². The van der Waals surface area contributed by atoms with Crippen LogP contribution in [-0.4, -0.2) is 35.0 Å². The smallest absolute Gasteiger partial charge is 0.257 e. The van der Waals surface area contributed by atoms with Gasteiger partial charge in [0.25, 0.3) is 5.91 Å². The minimum absolute atomic E-state index is 0.0225. The molecule has 19 heavy (non-hydrogen) atoms. The third-order valence-corrected chi connectivity index (χ3v) is 3.81. The topological polar surface area (TPSA) is 66.6 Å². The fourth-order valence-corrected chi connectivity index (χ4v) is 2.70. The van der Waals surface area contributed by atoms with Crippen molar-refractivity contribution in [1.29, 1.82) is 0 Å². The molecule has 104 valence electrons. The number of rotatable bonds is 2. The highest BCUT2D eigenvalue weighted by Crippen LogP contribution is 2.27. The third kappa shape index (κ3) is 2.71. The first-order valence-electron chi connectivity index (χ1n) is 6.54. The van der Waals surface area contributed by atoms with Crippen LogP contribution in [-0.2, 0) is 0 Å². The number of nitrogens with zero attached hydrogens (tertiary/aromatic N) is 1. The minimum Gasteiger partial charge on any atom is -0.507 e. The van der Waals surface area contributed by atoms with Crippen molar-refractivity contribution in [3.05, 3.63) is 29.6 Å². The standard InChI is InChI=1S/C14H19FN2O2/c1-9-3-2-6-17(12(9)8-16)14(19)11-5-4-10(15)7-13(11)18/h4-5,7,9,12,18H,2-3,6,8,16H2,1H3. The summed E-state index contributed by atoms with van der Waals surface area (Å²) in [5, 5.41) is 9.70. The Bertz CT molecular complexity index is 479. The molecule has 0 bridgehead atoms. The van der Waals surface area contributed by atoms with E-state index in [4.69, 9.17) is 5.73 Å². The molecule has 1 aliphatic rings. The molecule has 2 unspecified atom stereocenters. The van der Waals surface area contributed by atoms with Crippen LogP contribution in [0.1, 0.15) is 30.1 Å². The summed E-state index contributed by atoms with van der Waals surface area (Å²) < 4.78 is 13.0. The number of hydrogen-bond acceptors (Lipinski definition) is 3. The van der Waals surface area contributed by atoms with E-state index in [1.165, 1.54) is 12.1 Å². The van der Waals surface area contributed by atoms with E-state index < -0.39 is 5.82 Å². The predicted octanol–water partition coefficient (Wildman–Crippen LogP) is 1.73. The number of phenols is 1. The molecular formula is C14H19FN2O2. The van der Waals surface area contributed by atoms with Crippen molar-refractivity contribution < 1.29 is 14.3 Å². The monoisotopic (exact) mass is 266 g/mol. The van der Waals surface area contributed by atoms with Crippen LogP contribution in [0.25, 0.3) is 0 Å². The molecule has 0 radical (unpaired) electrons. The zero-order valence-corrected chi connectivity index (χ0v) is 11.0. The fourth-order valence-electron chi connectivity index (χ4n) is 2.70. The first-order valence-corrected chi connectivity index (χ1v) is 6.54. The summed E-state index contributed by atoms with van der Waals surface area (Å²) in [6.45, 7) is 3.10. The van der Waals surface area contributed by atoms with E-state index >= 15 is 0 Å². The largest absolute Gasteiger partial charge is 0.507 e. The average molecular weight is 266 g/mol. The Morgan fingerprint density at radius 3 is 2.95 bits per heavy atom. The van der Waals surface area contributed by atoms with Crippen molar-refractivity contribution in [3.8, 4) is 5.75 Å². The Balaban J connectivity index is 2.27. The first kappa shape index (κ1) is 13.8. The molecule has 0 aliphatic carbocycles. The Morgan fingerprint density at radius 1 is 1.58 bits per heavy atom. The number of nitrogens with two attached hydrogens (primary N) is 1. The molecule has 0 spiro atoms. The summed E-state index contributed by atoms with van der Waals surface area (Å²) in [4.78, 5) is 14.1. The number of aromatic hydroxyl groups is 1. The highest BCUT2D eigenvalue weighted by Gasteiger charge is 2.32. The van der Waals surface area contributed by atoms with E-state index in [-0.39, 0.29) is 23.3 Å². The molecule has 1 aromatic rings. The molecule has 1 heterocycles. The van der Waals surface area contributed by atoms with E-state index in [1.54, 1.807) is 4.90 Å². The van der Waals surface area contributed by atoms with Crippen molar-refractivity contribution in [2.24, 2.45) is 11.7 Å². The van der Waals surface area contributed by atoms with Gasteiger partial charge in [-0.2, -0.15) is 0 Å². The van der Waals surface area contributed by atoms with Gasteiger partial charge in [-0.05, 0) is 30.9 Å². The number of amides is 1. The quantitative estimate of drug-likeness (QED) is 0.856. The molecule has 1 fully saturated rings. The maximum absolute atomic E-state index is 13.0. The van der Waals surface area contributed by atoms with Crippen molar-refractivity contribution in [3.63, 3.8) is 0 Å². The molecule has 1 amide bonds. The molecule has 1 aliphatic heterocycles. The van der Waals surface area contributed by atoms with E-state index in [1.807, 2.05) is 0 Å². The second-order valence-electron chi connectivity index (χ2n) is 5.08. The van der Waals surface area contributed by atoms with Gasteiger partial charge in [-0.25, -0.2) is 4.39 Å². The maximum atomic E-state index is 13.0. The predicted molar refractivity (Wildman–Crippen MR) is 70.3 cm³/mol. The fraction of sp³-hybridized carbons (Fsp3) is 0.500. The van der Waals surface area contributed by atoms with Crippen molar-refractivity contribution in [2.75, 3.05) is 13.1 Å². The minimum atomic E-state index is -0.559. The number of phenolic OH excluding ortho intramolecular Hbond substituents is 1. The van der Waals surface area contributed by atoms with Crippen LogP contribution in [0.2, 0.25) is 0 Å². The van der Waals surface area contributed by atoms with Gasteiger partial charge < -0.3 is 15.7 Å². The van der Waals surface area contributed by atoms with Crippen LogP contribution >= 0.6 is 0 Å². The van der Waals surface area contributed by atoms with Gasteiger partial charge in [0.15, 0.2) is 0 Å². The molecule has 0 saturated carbocycles. The number of piperidine rings is 1. The number of hydrogen-bond donors (Lipinski definition) is 2. The summed E-state index contributed by atoms with van der Waals surface area (Å²) in [5.74, 6) is -0.819. The van der Waals surface area contributed by atoms with Crippen molar-refractivity contribution in [2.45, 2.75) is 25.8 Å². The highest BCUT2D eigenvalue weighted by molar-refractivity contribution is 5.97. The summed E-state index contributed by atoms with van der Waals surface area (Å²) in [6, 6.07) is 3.43. The Hall–Kier alpha value is -1.62. The summed E-state index contributed by atoms with van der Waals surface area (Å²) >= 11 is 0. The second kappa shape index (κ2) is 5.57. The van der Waals surface area contributed by atoms with E-state index in [0.29, 0.717) is 19.0 Å². The van der Waals surface area contributed by atoms with E-state index in [9.17, 15) is 14.3 Å². The second-order valence-corrected chi connectivity index (χ2v) is 5.08. The van der Waals surface area contributed by atoms with Gasteiger partial charge in [-0.3, -0.25) is 4.79 Å². The molecule has 5 heteroatoms. The van der Waals surface area contributed by atoms with E-state index in [2.05, 4.69) is 6.92 Å². The lowest BCUT2D eigenvalue weighted by molar-refractivity contribution is 0.0529. The van der Waals surface area contributed by atoms with Crippen LogP contribution in [0, 0.1) is 11.7 Å². The number of benzene rings is 1. The lowest BCUT2D eigenvalue weighted by atomic mass is 9.90. The van der Waals surface area contributed by atoms with Gasteiger partial charge in [0.05, 0.1) is 5.56 Å². The van der Waals surface area contributed by atoms with Gasteiger partial charge >= 0.3 is 0 Å². The van der Waals surface area contributed by atoms with Crippen molar-refractivity contribution in [1.82, 2.24) is 4.90 Å². The molecule has 2 atom stereocenters. The molecule has 0 aromatic heterocycles. The molecule has 1 aromatic carbocycles. The van der Waals surface area contributed by atoms with Gasteiger partial charge in [0.2, 0.25) is 0 Å². The zero-order valence-electron chi connectivity index (χ0n) is 11.0. The number of likely N-dealkylation sites (tertiary alicyclic amines) is 1. The van der Waals surface area contributed by atoms with Gasteiger partial charge in [0, 0.05) is 25.2 Å². The normalized spacial score (nSPS) is 23.4. The molecular weight excluding hydrogens is 247 g/mol. The molecule has 3 N–H and O–H groups in total. The number of carbonyl (C=O) groups is 1. The SMILES string of the molecule is CC1CCCN(C(=O)c2ccc(F)cc2O)C1CN. The van der Waals surface area contributed by atoms with Gasteiger partial charge in [-0.15, -0.1) is 0 Å². The lowest BCUT2D eigenvalue weighted by Crippen LogP contribution is -2.51. The van der Waals surface area contributed by atoms with Crippen molar-refractivity contribution >= 4 is 5.91 Å². The maximum Gasteiger partial charge on any atom is 0.257 e. The highest BCUT2D eigenvalue weighted by atomic mass is 19.1. The van der Waals surface area contributed by atoms with Gasteiger partial charge in [0.1, 0.15) is 11.6 Å². The molecule has 2 rings (SSSR count). The average Bonchev–Trinajstić information content (AvgIpc) is 2.37. The Kier molecular flexibility index (Phi) is 4.04. The molecule has 4 nitrogen and oxygen atoms in total. The van der Waals surface area contributed by atoms with Crippen LogP contribution < -0.4 is 5.73 Å². The third-order valence-electron chi connectivity index (χ3n) is 3.81. The van der Waals surface area contributed by atoms with Gasteiger partial charge in [-0.1, -0.05) is 6.92 Å². The Morgan fingerprint density at radius 2 is 2.32 bits per heavy atom. The van der Waals surface area contributed by atoms with Crippen LogP contribution in [0.15, 0.2) is 18.2 Å². The molecule has 1 saturated heterocycles. The number of halogens is 1. The summed E-state index contributed by atoms with van der Waals surface area (Å²) in [7, 11) is 0. The Labute approximate surface area is 112 Å². The zero-order chi connectivity index (χ0) is 14.0. The summed E-state index contributed by atoms with van der Waals surface area (Å²) in [6.07, 6.45) is 1.96. The van der Waals surface area contributed by atoms with Crippen LogP contribution in [0.4, 0.5) is 4.39 Å². The lowest BCUT2D eigenvalue weighted by Gasteiger charge is -2.39.